The summed E-state index contributed by atoms with van der Waals surface area (Å²) in [6.07, 6.45) is 1.45. The molecule has 0 radical (unpaired) electrons. The van der Waals surface area contributed by atoms with Crippen LogP contribution in [0.25, 0.3) is 0 Å². The van der Waals surface area contributed by atoms with Crippen LogP contribution in [0.15, 0.2) is 40.4 Å². The summed E-state index contributed by atoms with van der Waals surface area (Å²) in [5.74, 6) is 0. The molecular formula is C11H8ClF3N2O. The highest BCUT2D eigenvalue weighted by Crippen LogP contribution is 2.28. The number of pyridine rings is 1. The predicted molar refractivity (Wildman–Crippen MR) is 62.5 cm³/mol. The molecule has 0 atom stereocenters. The molecule has 0 aliphatic carbocycles. The van der Waals surface area contributed by atoms with Crippen LogP contribution in [0.3, 0.4) is 0 Å². The van der Waals surface area contributed by atoms with Gasteiger partial charge in [-0.1, -0.05) is 23.8 Å². The molecule has 0 bridgehead atoms. The number of anilines is 1. The lowest BCUT2D eigenvalue weighted by molar-refractivity contribution is -0.141. The van der Waals surface area contributed by atoms with Gasteiger partial charge in [-0.2, -0.15) is 13.2 Å². The number of rotatable bonds is 1. The van der Waals surface area contributed by atoms with E-state index in [-0.39, 0.29) is 10.8 Å². The molecule has 18 heavy (non-hydrogen) atoms. The van der Waals surface area contributed by atoms with Crippen LogP contribution in [-0.4, -0.2) is 11.5 Å². The van der Waals surface area contributed by atoms with Crippen molar-refractivity contribution in [2.45, 2.75) is 6.18 Å². The molecule has 0 aromatic carbocycles. The van der Waals surface area contributed by atoms with Crippen LogP contribution in [0.5, 0.6) is 0 Å². The lowest BCUT2D eigenvalue weighted by Gasteiger charge is -2.23. The van der Waals surface area contributed by atoms with Crippen molar-refractivity contribution < 1.29 is 13.2 Å². The summed E-state index contributed by atoms with van der Waals surface area (Å²) in [6.45, 7) is 0.337. The second-order valence-corrected chi connectivity index (χ2v) is 4.01. The van der Waals surface area contributed by atoms with Crippen molar-refractivity contribution in [3.63, 3.8) is 0 Å². The van der Waals surface area contributed by atoms with Crippen molar-refractivity contribution in [3.8, 4) is 0 Å². The van der Waals surface area contributed by atoms with Gasteiger partial charge in [0.05, 0.1) is 0 Å². The van der Waals surface area contributed by atoms with Gasteiger partial charge < -0.3 is 9.88 Å². The fraction of sp³-hybridized carbons (Fsp3) is 0.182. The molecule has 0 spiro atoms. The van der Waals surface area contributed by atoms with E-state index in [0.717, 1.165) is 6.20 Å². The fourth-order valence-electron chi connectivity index (χ4n) is 1.54. The number of hydrogen-bond donors (Lipinski definition) is 1. The first-order valence-electron chi connectivity index (χ1n) is 4.99. The van der Waals surface area contributed by atoms with E-state index in [0.29, 0.717) is 12.6 Å². The molecule has 2 heterocycles. The molecule has 0 saturated carbocycles. The number of nitrogens with zero attached hydrogens (tertiary/aromatic N) is 1. The number of allylic oxidation sites excluding steroid dienone is 2. The average Bonchev–Trinajstić information content (AvgIpc) is 2.29. The van der Waals surface area contributed by atoms with Crippen molar-refractivity contribution in [2.24, 2.45) is 0 Å². The summed E-state index contributed by atoms with van der Waals surface area (Å²) >= 11 is 5.88. The van der Waals surface area contributed by atoms with E-state index in [1.165, 1.54) is 4.90 Å². The zero-order chi connectivity index (χ0) is 13.3. The van der Waals surface area contributed by atoms with Crippen LogP contribution in [0.4, 0.5) is 18.9 Å². The highest BCUT2D eigenvalue weighted by atomic mass is 35.5. The monoisotopic (exact) mass is 276 g/mol. The van der Waals surface area contributed by atoms with Crippen molar-refractivity contribution in [3.05, 3.63) is 51.6 Å². The first-order chi connectivity index (χ1) is 8.39. The number of nitrogens with one attached hydrogen (secondary N) is 1. The lowest BCUT2D eigenvalue weighted by atomic mass is 10.2. The topological polar surface area (TPSA) is 36.1 Å². The first-order valence-corrected chi connectivity index (χ1v) is 5.37. The molecule has 1 aliphatic rings. The molecule has 7 heteroatoms. The number of H-pyrrole nitrogens is 1. The molecule has 1 aliphatic heterocycles. The van der Waals surface area contributed by atoms with Gasteiger partial charge in [0, 0.05) is 18.8 Å². The Morgan fingerprint density at radius 3 is 2.67 bits per heavy atom. The Hall–Kier alpha value is -1.69. The molecule has 1 aromatic heterocycles. The summed E-state index contributed by atoms with van der Waals surface area (Å²) in [7, 11) is 0. The Balaban J connectivity index is 2.40. The summed E-state index contributed by atoms with van der Waals surface area (Å²) in [4.78, 5) is 15.1. The number of halogens is 4. The van der Waals surface area contributed by atoms with Crippen molar-refractivity contribution in [2.75, 3.05) is 11.4 Å². The minimum atomic E-state index is -4.57. The van der Waals surface area contributed by atoms with Crippen LogP contribution >= 0.6 is 11.6 Å². The Morgan fingerprint density at radius 2 is 2.11 bits per heavy atom. The normalized spacial score (nSPS) is 15.8. The second kappa shape index (κ2) is 4.53. The van der Waals surface area contributed by atoms with E-state index in [2.05, 4.69) is 4.98 Å². The highest BCUT2D eigenvalue weighted by Gasteiger charge is 2.32. The number of aromatic amines is 1. The van der Waals surface area contributed by atoms with Crippen LogP contribution < -0.4 is 10.3 Å². The number of hydrogen-bond acceptors (Lipinski definition) is 2. The Morgan fingerprint density at radius 1 is 1.39 bits per heavy atom. The van der Waals surface area contributed by atoms with Gasteiger partial charge in [-0.3, -0.25) is 4.79 Å². The zero-order valence-corrected chi connectivity index (χ0v) is 9.72. The fourth-order valence-corrected chi connectivity index (χ4v) is 1.78. The van der Waals surface area contributed by atoms with Gasteiger partial charge in [0.1, 0.15) is 16.5 Å². The molecule has 96 valence electrons. The van der Waals surface area contributed by atoms with Crippen LogP contribution in [0.1, 0.15) is 5.69 Å². The molecule has 0 fully saturated rings. The van der Waals surface area contributed by atoms with Crippen LogP contribution in [0.2, 0.25) is 0 Å². The van der Waals surface area contributed by atoms with Gasteiger partial charge in [-0.15, -0.1) is 0 Å². The third kappa shape index (κ3) is 2.43. The zero-order valence-electron chi connectivity index (χ0n) is 8.96. The van der Waals surface area contributed by atoms with E-state index in [9.17, 15) is 18.0 Å². The maximum atomic E-state index is 12.4. The number of aromatic nitrogens is 1. The maximum absolute atomic E-state index is 12.4. The van der Waals surface area contributed by atoms with Gasteiger partial charge in [0.15, 0.2) is 0 Å². The quantitative estimate of drug-likeness (QED) is 0.801. The third-order valence-corrected chi connectivity index (χ3v) is 2.73. The Kier molecular flexibility index (Phi) is 3.21. The molecular weight excluding hydrogens is 269 g/mol. The summed E-state index contributed by atoms with van der Waals surface area (Å²) < 4.78 is 37.2. The van der Waals surface area contributed by atoms with Crippen molar-refractivity contribution >= 4 is 17.3 Å². The number of alkyl halides is 3. The third-order valence-electron chi connectivity index (χ3n) is 2.40. The average molecular weight is 277 g/mol. The summed E-state index contributed by atoms with van der Waals surface area (Å²) in [5, 5.41) is 0.280. The predicted octanol–water partition coefficient (Wildman–Crippen LogP) is 2.85. The lowest BCUT2D eigenvalue weighted by Crippen LogP contribution is -2.28. The van der Waals surface area contributed by atoms with E-state index in [1.54, 1.807) is 18.2 Å². The van der Waals surface area contributed by atoms with E-state index < -0.39 is 17.3 Å². The minimum absolute atomic E-state index is 0.0774. The first kappa shape index (κ1) is 12.8. The van der Waals surface area contributed by atoms with Crippen LogP contribution in [-0.2, 0) is 6.18 Å². The smallest absolute Gasteiger partial charge is 0.356 e. The molecule has 0 amide bonds. The van der Waals surface area contributed by atoms with E-state index in [1.807, 2.05) is 0 Å². The van der Waals surface area contributed by atoms with Crippen LogP contribution in [0, 0.1) is 0 Å². The minimum Gasteiger partial charge on any atom is -0.356 e. The van der Waals surface area contributed by atoms with Gasteiger partial charge in [-0.25, -0.2) is 0 Å². The van der Waals surface area contributed by atoms with E-state index in [4.69, 9.17) is 11.6 Å². The molecule has 2 rings (SSSR count). The van der Waals surface area contributed by atoms with Crippen molar-refractivity contribution in [1.29, 1.82) is 0 Å². The molecule has 3 nitrogen and oxygen atoms in total. The SMILES string of the molecule is O=c1cc(C(F)(F)F)[nH]cc1N1CC=CC=C1Cl. The largest absolute Gasteiger partial charge is 0.431 e. The van der Waals surface area contributed by atoms with E-state index >= 15 is 0 Å². The van der Waals surface area contributed by atoms with Gasteiger partial charge in [0.2, 0.25) is 5.43 Å². The maximum Gasteiger partial charge on any atom is 0.431 e. The van der Waals surface area contributed by atoms with Gasteiger partial charge in [0.25, 0.3) is 0 Å². The Labute approximate surface area is 105 Å². The van der Waals surface area contributed by atoms with Crippen molar-refractivity contribution in [1.82, 2.24) is 4.98 Å². The second-order valence-electron chi connectivity index (χ2n) is 3.62. The Bertz CT molecular complexity index is 574. The molecule has 0 saturated heterocycles. The molecule has 1 N–H and O–H groups in total. The molecule has 1 aromatic rings. The standard InChI is InChI=1S/C11H8ClF3N2O/c12-10-3-1-2-4-17(10)7-6-16-9(5-8(7)18)11(13,14)15/h1-3,5-6H,4H2,(H,16,18). The van der Waals surface area contributed by atoms with Gasteiger partial charge >= 0.3 is 6.18 Å². The summed E-state index contributed by atoms with van der Waals surface area (Å²) in [5.41, 5.74) is -1.74. The highest BCUT2D eigenvalue weighted by molar-refractivity contribution is 6.31. The summed E-state index contributed by atoms with van der Waals surface area (Å²) in [6, 6.07) is 0.526. The van der Waals surface area contributed by atoms with Gasteiger partial charge in [-0.05, 0) is 6.08 Å². The molecule has 0 unspecified atom stereocenters.